The van der Waals surface area contributed by atoms with E-state index in [1.807, 2.05) is 0 Å². The van der Waals surface area contributed by atoms with E-state index in [9.17, 15) is 0 Å². The van der Waals surface area contributed by atoms with E-state index in [4.69, 9.17) is 0 Å². The second-order valence-corrected chi connectivity index (χ2v) is 6.27. The van der Waals surface area contributed by atoms with Crippen LogP contribution in [-0.4, -0.2) is 19.6 Å². The normalized spacial score (nSPS) is 14.8. The van der Waals surface area contributed by atoms with Gasteiger partial charge in [0.2, 0.25) is 0 Å². The Morgan fingerprint density at radius 1 is 0.952 bits per heavy atom. The number of hydrogen-bond acceptors (Lipinski definition) is 2. The summed E-state index contributed by atoms with van der Waals surface area (Å²) in [6.07, 6.45) is 10.9. The third-order valence-electron chi connectivity index (χ3n) is 4.46. The highest BCUT2D eigenvalue weighted by Crippen LogP contribution is 2.24. The van der Waals surface area contributed by atoms with Gasteiger partial charge in [0.25, 0.3) is 0 Å². The molecule has 1 aromatic carbocycles. The van der Waals surface area contributed by atoms with Crippen molar-refractivity contribution in [1.29, 1.82) is 0 Å². The molecule has 0 amide bonds. The third kappa shape index (κ3) is 5.70. The molecule has 0 radical (unpaired) electrons. The summed E-state index contributed by atoms with van der Waals surface area (Å²) in [5, 5.41) is 3.63. The van der Waals surface area contributed by atoms with E-state index in [1.165, 1.54) is 75.7 Å². The maximum Gasteiger partial charge on any atom is 0.0411 e. The lowest BCUT2D eigenvalue weighted by atomic mass is 10.1. The van der Waals surface area contributed by atoms with Gasteiger partial charge in [0, 0.05) is 25.3 Å². The number of nitrogens with zero attached hydrogens (tertiary/aromatic N) is 1. The van der Waals surface area contributed by atoms with Crippen LogP contribution in [0.2, 0.25) is 0 Å². The van der Waals surface area contributed by atoms with E-state index in [2.05, 4.69) is 41.4 Å². The topological polar surface area (TPSA) is 15.3 Å². The highest BCUT2D eigenvalue weighted by Gasteiger charge is 2.14. The molecule has 1 aromatic rings. The van der Waals surface area contributed by atoms with Gasteiger partial charge < -0.3 is 10.2 Å². The van der Waals surface area contributed by atoms with Crippen molar-refractivity contribution in [2.75, 3.05) is 24.5 Å². The van der Waals surface area contributed by atoms with Gasteiger partial charge in [-0.2, -0.15) is 0 Å². The van der Waals surface area contributed by atoms with Gasteiger partial charge in [0.05, 0.1) is 0 Å². The van der Waals surface area contributed by atoms with E-state index in [0.29, 0.717) is 0 Å². The first kappa shape index (κ1) is 16.4. The number of anilines is 1. The molecule has 0 unspecified atom stereocenters. The van der Waals surface area contributed by atoms with E-state index < -0.39 is 0 Å². The number of nitrogens with one attached hydrogen (secondary N) is 1. The predicted molar refractivity (Wildman–Crippen MR) is 93.0 cm³/mol. The first-order valence-corrected chi connectivity index (χ1v) is 8.95. The van der Waals surface area contributed by atoms with Crippen LogP contribution in [0.4, 0.5) is 5.69 Å². The van der Waals surface area contributed by atoms with Gasteiger partial charge in [0.15, 0.2) is 0 Å². The smallest absolute Gasteiger partial charge is 0.0411 e. The highest BCUT2D eigenvalue weighted by molar-refractivity contribution is 5.54. The minimum atomic E-state index is 1.02. The van der Waals surface area contributed by atoms with Crippen molar-refractivity contribution in [3.05, 3.63) is 29.8 Å². The average molecular weight is 288 g/mol. The average Bonchev–Trinajstić information content (AvgIpc) is 3.04. The standard InChI is InChI=1S/C19H32N2/c1-2-3-4-5-6-9-14-20-17-18-12-7-8-13-19(18)21-15-10-11-16-21/h7-8,12-13,20H,2-6,9-11,14-17H2,1H3. The van der Waals surface area contributed by atoms with Crippen molar-refractivity contribution in [3.8, 4) is 0 Å². The van der Waals surface area contributed by atoms with Gasteiger partial charge >= 0.3 is 0 Å². The maximum absolute atomic E-state index is 3.63. The van der Waals surface area contributed by atoms with E-state index in [0.717, 1.165) is 13.1 Å². The van der Waals surface area contributed by atoms with Crippen molar-refractivity contribution in [2.24, 2.45) is 0 Å². The van der Waals surface area contributed by atoms with Crippen LogP contribution in [0, 0.1) is 0 Å². The number of rotatable bonds is 10. The molecule has 0 aromatic heterocycles. The van der Waals surface area contributed by atoms with E-state index in [1.54, 1.807) is 0 Å². The molecule has 118 valence electrons. The zero-order chi connectivity index (χ0) is 14.8. The van der Waals surface area contributed by atoms with Gasteiger partial charge in [-0.25, -0.2) is 0 Å². The summed E-state index contributed by atoms with van der Waals surface area (Å²) in [5.74, 6) is 0. The summed E-state index contributed by atoms with van der Waals surface area (Å²) in [5.41, 5.74) is 2.91. The zero-order valence-corrected chi connectivity index (χ0v) is 13.7. The van der Waals surface area contributed by atoms with Crippen LogP contribution in [0.25, 0.3) is 0 Å². The molecule has 21 heavy (non-hydrogen) atoms. The van der Waals surface area contributed by atoms with Crippen LogP contribution >= 0.6 is 0 Å². The Bertz CT molecular complexity index is 383. The summed E-state index contributed by atoms with van der Waals surface area (Å²) in [6.45, 7) is 6.91. The van der Waals surface area contributed by atoms with Gasteiger partial charge in [0.1, 0.15) is 0 Å². The number of benzene rings is 1. The van der Waals surface area contributed by atoms with Crippen molar-refractivity contribution >= 4 is 5.69 Å². The predicted octanol–water partition coefficient (Wildman–Crippen LogP) is 4.74. The third-order valence-corrected chi connectivity index (χ3v) is 4.46. The summed E-state index contributed by atoms with van der Waals surface area (Å²) in [6, 6.07) is 8.90. The Balaban J connectivity index is 1.66. The summed E-state index contributed by atoms with van der Waals surface area (Å²) >= 11 is 0. The molecule has 0 saturated carbocycles. The molecule has 0 aliphatic carbocycles. The molecule has 2 nitrogen and oxygen atoms in total. The summed E-state index contributed by atoms with van der Waals surface area (Å²) in [4.78, 5) is 2.54. The quantitative estimate of drug-likeness (QED) is 0.626. The fourth-order valence-electron chi connectivity index (χ4n) is 3.18. The summed E-state index contributed by atoms with van der Waals surface area (Å²) in [7, 11) is 0. The first-order valence-electron chi connectivity index (χ1n) is 8.95. The Labute approximate surface area is 130 Å². The van der Waals surface area contributed by atoms with Gasteiger partial charge in [-0.05, 0) is 37.4 Å². The second-order valence-electron chi connectivity index (χ2n) is 6.27. The molecule has 0 bridgehead atoms. The first-order chi connectivity index (χ1) is 10.4. The molecule has 2 rings (SSSR count). The lowest BCUT2D eigenvalue weighted by Gasteiger charge is -2.21. The Morgan fingerprint density at radius 2 is 1.67 bits per heavy atom. The van der Waals surface area contributed by atoms with Crippen LogP contribution in [0.5, 0.6) is 0 Å². The van der Waals surface area contributed by atoms with Crippen molar-refractivity contribution in [3.63, 3.8) is 0 Å². The fraction of sp³-hybridized carbons (Fsp3) is 0.684. The molecule has 1 heterocycles. The van der Waals surface area contributed by atoms with Crippen molar-refractivity contribution in [2.45, 2.75) is 64.8 Å². The van der Waals surface area contributed by atoms with Crippen molar-refractivity contribution in [1.82, 2.24) is 5.32 Å². The molecule has 0 spiro atoms. The van der Waals surface area contributed by atoms with Gasteiger partial charge in [-0.1, -0.05) is 57.2 Å². The fourth-order valence-corrected chi connectivity index (χ4v) is 3.18. The van der Waals surface area contributed by atoms with Crippen LogP contribution in [0.1, 0.15) is 63.9 Å². The molecule has 1 aliphatic rings. The Hall–Kier alpha value is -1.02. The molecule has 1 saturated heterocycles. The van der Waals surface area contributed by atoms with Crippen LogP contribution < -0.4 is 10.2 Å². The Morgan fingerprint density at radius 3 is 2.48 bits per heavy atom. The Kier molecular flexibility index (Phi) is 7.66. The molecule has 0 atom stereocenters. The molecular formula is C19H32N2. The lowest BCUT2D eigenvalue weighted by Crippen LogP contribution is -2.22. The minimum Gasteiger partial charge on any atom is -0.371 e. The molecule has 1 aliphatic heterocycles. The molecular weight excluding hydrogens is 256 g/mol. The number of hydrogen-bond donors (Lipinski definition) is 1. The van der Waals surface area contributed by atoms with Crippen molar-refractivity contribution < 1.29 is 0 Å². The highest BCUT2D eigenvalue weighted by atomic mass is 15.1. The monoisotopic (exact) mass is 288 g/mol. The van der Waals surface area contributed by atoms with Gasteiger partial charge in [-0.15, -0.1) is 0 Å². The van der Waals surface area contributed by atoms with Crippen LogP contribution in [-0.2, 0) is 6.54 Å². The van der Waals surface area contributed by atoms with Gasteiger partial charge in [-0.3, -0.25) is 0 Å². The summed E-state index contributed by atoms with van der Waals surface area (Å²) < 4.78 is 0. The molecule has 1 fully saturated rings. The SMILES string of the molecule is CCCCCCCCNCc1ccccc1N1CCCC1. The molecule has 1 N–H and O–H groups in total. The lowest BCUT2D eigenvalue weighted by molar-refractivity contribution is 0.572. The maximum atomic E-state index is 3.63. The second kappa shape index (κ2) is 9.83. The largest absolute Gasteiger partial charge is 0.371 e. The molecule has 2 heteroatoms. The number of para-hydroxylation sites is 1. The van der Waals surface area contributed by atoms with E-state index >= 15 is 0 Å². The van der Waals surface area contributed by atoms with Crippen LogP contribution in [0.15, 0.2) is 24.3 Å². The van der Waals surface area contributed by atoms with Crippen LogP contribution in [0.3, 0.4) is 0 Å². The zero-order valence-electron chi connectivity index (χ0n) is 13.7. The van der Waals surface area contributed by atoms with E-state index in [-0.39, 0.29) is 0 Å². The number of unbranched alkanes of at least 4 members (excludes halogenated alkanes) is 5. The minimum absolute atomic E-state index is 1.02.